The number of benzene rings is 2. The second kappa shape index (κ2) is 12.3. The number of nitrogens with zero attached hydrogens (tertiary/aromatic N) is 1. The van der Waals surface area contributed by atoms with Crippen LogP contribution in [0.15, 0.2) is 48.0 Å². The first-order chi connectivity index (χ1) is 17.0. The van der Waals surface area contributed by atoms with Gasteiger partial charge in [-0.25, -0.2) is 0 Å². The first kappa shape index (κ1) is 26.1. The molecule has 1 heterocycles. The number of hydrogen-bond donors (Lipinski definition) is 1. The van der Waals surface area contributed by atoms with Crippen molar-refractivity contribution in [3.05, 3.63) is 59.2 Å². The topological polar surface area (TPSA) is 94.5 Å². The van der Waals surface area contributed by atoms with Crippen molar-refractivity contribution in [3.8, 4) is 17.2 Å². The summed E-state index contributed by atoms with van der Waals surface area (Å²) in [6, 6.07) is 11.2. The molecule has 8 heteroatoms. The number of aliphatic hydroxyl groups is 1. The van der Waals surface area contributed by atoms with Gasteiger partial charge in [-0.05, 0) is 62.2 Å². The van der Waals surface area contributed by atoms with E-state index in [-0.39, 0.29) is 24.5 Å². The predicted molar refractivity (Wildman–Crippen MR) is 132 cm³/mol. The van der Waals surface area contributed by atoms with Crippen molar-refractivity contribution >= 4 is 17.4 Å². The standard InChI is InChI=1S/C27H33NO7/c1-5-15-35-21-13-10-19(17-22(21)34-7-3)24-23(26(30)27(31)28(24)14-16-32-4)25(29)18-8-11-20(12-9-18)33-6-2/h8-13,17,24,29H,5-7,14-16H2,1-4H3/b25-23+. The number of methoxy groups -OCH3 is 1. The Labute approximate surface area is 206 Å². The van der Waals surface area contributed by atoms with Gasteiger partial charge in [0.15, 0.2) is 11.5 Å². The number of aliphatic hydroxyl groups excluding tert-OH is 1. The third-order valence-corrected chi connectivity index (χ3v) is 5.56. The van der Waals surface area contributed by atoms with E-state index in [1.54, 1.807) is 42.5 Å². The molecular formula is C27H33NO7. The van der Waals surface area contributed by atoms with Crippen LogP contribution in [-0.4, -0.2) is 61.8 Å². The Kier molecular flexibility index (Phi) is 9.14. The van der Waals surface area contributed by atoms with Crippen molar-refractivity contribution in [1.29, 1.82) is 0 Å². The summed E-state index contributed by atoms with van der Waals surface area (Å²) in [4.78, 5) is 27.6. The molecule has 1 aliphatic rings. The lowest BCUT2D eigenvalue weighted by atomic mass is 9.95. The van der Waals surface area contributed by atoms with E-state index in [4.69, 9.17) is 18.9 Å². The highest BCUT2D eigenvalue weighted by molar-refractivity contribution is 6.46. The van der Waals surface area contributed by atoms with Crippen molar-refractivity contribution < 1.29 is 33.6 Å². The van der Waals surface area contributed by atoms with E-state index in [9.17, 15) is 14.7 Å². The number of rotatable bonds is 12. The summed E-state index contributed by atoms with van der Waals surface area (Å²) in [5.41, 5.74) is 1.05. The van der Waals surface area contributed by atoms with Crippen LogP contribution in [0.1, 0.15) is 44.4 Å². The number of carbonyl (C=O) groups is 2. The van der Waals surface area contributed by atoms with Gasteiger partial charge in [0, 0.05) is 19.2 Å². The SMILES string of the molecule is CCCOc1ccc(C2/C(=C(\O)c3ccc(OCC)cc3)C(=O)C(=O)N2CCOC)cc1OCC. The lowest BCUT2D eigenvalue weighted by molar-refractivity contribution is -0.140. The highest BCUT2D eigenvalue weighted by atomic mass is 16.5. The molecule has 35 heavy (non-hydrogen) atoms. The fourth-order valence-electron chi connectivity index (χ4n) is 3.97. The summed E-state index contributed by atoms with van der Waals surface area (Å²) in [6.45, 7) is 7.64. The largest absolute Gasteiger partial charge is 0.507 e. The fraction of sp³-hybridized carbons (Fsp3) is 0.407. The van der Waals surface area contributed by atoms with Crippen molar-refractivity contribution in [3.63, 3.8) is 0 Å². The average molecular weight is 484 g/mol. The molecule has 1 atom stereocenters. The van der Waals surface area contributed by atoms with Gasteiger partial charge in [-0.15, -0.1) is 0 Å². The molecule has 0 spiro atoms. The zero-order chi connectivity index (χ0) is 25.4. The zero-order valence-electron chi connectivity index (χ0n) is 20.7. The number of ether oxygens (including phenoxy) is 4. The third kappa shape index (κ3) is 5.77. The van der Waals surface area contributed by atoms with E-state index in [0.717, 1.165) is 6.42 Å². The Balaban J connectivity index is 2.12. The highest BCUT2D eigenvalue weighted by Crippen LogP contribution is 2.42. The summed E-state index contributed by atoms with van der Waals surface area (Å²) in [5.74, 6) is 0.0472. The Hall–Kier alpha value is -3.52. The maximum Gasteiger partial charge on any atom is 0.295 e. The highest BCUT2D eigenvalue weighted by Gasteiger charge is 2.46. The van der Waals surface area contributed by atoms with Gasteiger partial charge in [-0.2, -0.15) is 0 Å². The minimum atomic E-state index is -0.809. The monoisotopic (exact) mass is 483 g/mol. The van der Waals surface area contributed by atoms with Gasteiger partial charge in [0.25, 0.3) is 11.7 Å². The van der Waals surface area contributed by atoms with Gasteiger partial charge >= 0.3 is 0 Å². The van der Waals surface area contributed by atoms with Gasteiger partial charge in [0.1, 0.15) is 11.5 Å². The molecule has 0 bridgehead atoms. The summed E-state index contributed by atoms with van der Waals surface area (Å²) in [5, 5.41) is 11.2. The third-order valence-electron chi connectivity index (χ3n) is 5.56. The van der Waals surface area contributed by atoms with Crippen LogP contribution in [-0.2, 0) is 14.3 Å². The second-order valence-corrected chi connectivity index (χ2v) is 7.93. The van der Waals surface area contributed by atoms with Crippen molar-refractivity contribution in [1.82, 2.24) is 4.90 Å². The van der Waals surface area contributed by atoms with Crippen LogP contribution in [0.4, 0.5) is 0 Å². The summed E-state index contributed by atoms with van der Waals surface area (Å²) in [7, 11) is 1.53. The summed E-state index contributed by atoms with van der Waals surface area (Å²) >= 11 is 0. The quantitative estimate of drug-likeness (QED) is 0.273. The normalized spacial score (nSPS) is 17.0. The lowest BCUT2D eigenvalue weighted by Crippen LogP contribution is -2.32. The van der Waals surface area contributed by atoms with Crippen LogP contribution in [0.3, 0.4) is 0 Å². The summed E-state index contributed by atoms with van der Waals surface area (Å²) in [6.07, 6.45) is 0.840. The Morgan fingerprint density at radius 2 is 1.63 bits per heavy atom. The van der Waals surface area contributed by atoms with E-state index in [0.29, 0.717) is 48.2 Å². The molecule has 3 rings (SSSR count). The van der Waals surface area contributed by atoms with Crippen LogP contribution in [0, 0.1) is 0 Å². The maximum atomic E-state index is 13.1. The van der Waals surface area contributed by atoms with E-state index >= 15 is 0 Å². The van der Waals surface area contributed by atoms with E-state index < -0.39 is 17.7 Å². The van der Waals surface area contributed by atoms with Gasteiger partial charge in [-0.1, -0.05) is 13.0 Å². The molecule has 1 amide bonds. The van der Waals surface area contributed by atoms with Crippen molar-refractivity contribution in [2.75, 3.05) is 40.1 Å². The molecule has 2 aromatic carbocycles. The number of ketones is 1. The minimum Gasteiger partial charge on any atom is -0.507 e. The van der Waals surface area contributed by atoms with Gasteiger partial charge in [0.05, 0.1) is 38.0 Å². The number of Topliss-reactive ketones (excluding diaryl/α,β-unsaturated/α-hetero) is 1. The van der Waals surface area contributed by atoms with Crippen LogP contribution < -0.4 is 14.2 Å². The van der Waals surface area contributed by atoms with Crippen LogP contribution in [0.5, 0.6) is 17.2 Å². The first-order valence-corrected chi connectivity index (χ1v) is 11.9. The minimum absolute atomic E-state index is 0.0138. The Morgan fingerprint density at radius 3 is 2.26 bits per heavy atom. The molecule has 1 aliphatic heterocycles. The smallest absolute Gasteiger partial charge is 0.295 e. The molecular weight excluding hydrogens is 450 g/mol. The van der Waals surface area contributed by atoms with Gasteiger partial charge in [-0.3, -0.25) is 9.59 Å². The molecule has 0 radical (unpaired) electrons. The van der Waals surface area contributed by atoms with E-state index in [2.05, 4.69) is 0 Å². The molecule has 1 fully saturated rings. The van der Waals surface area contributed by atoms with E-state index in [1.807, 2.05) is 20.8 Å². The molecule has 0 aromatic heterocycles. The summed E-state index contributed by atoms with van der Waals surface area (Å²) < 4.78 is 22.2. The second-order valence-electron chi connectivity index (χ2n) is 7.93. The van der Waals surface area contributed by atoms with E-state index in [1.165, 1.54) is 12.0 Å². The van der Waals surface area contributed by atoms with Gasteiger partial charge in [0.2, 0.25) is 0 Å². The van der Waals surface area contributed by atoms with Gasteiger partial charge < -0.3 is 29.0 Å². The number of amides is 1. The molecule has 0 saturated carbocycles. The Morgan fingerprint density at radius 1 is 0.914 bits per heavy atom. The van der Waals surface area contributed by atoms with Crippen LogP contribution in [0.25, 0.3) is 5.76 Å². The van der Waals surface area contributed by atoms with Crippen LogP contribution >= 0.6 is 0 Å². The van der Waals surface area contributed by atoms with Crippen molar-refractivity contribution in [2.24, 2.45) is 0 Å². The molecule has 1 N–H and O–H groups in total. The predicted octanol–water partition coefficient (Wildman–Crippen LogP) is 4.34. The zero-order valence-corrected chi connectivity index (χ0v) is 20.7. The lowest BCUT2D eigenvalue weighted by Gasteiger charge is -2.26. The molecule has 188 valence electrons. The molecule has 8 nitrogen and oxygen atoms in total. The van der Waals surface area contributed by atoms with Crippen molar-refractivity contribution in [2.45, 2.75) is 33.2 Å². The molecule has 2 aromatic rings. The molecule has 0 aliphatic carbocycles. The fourth-order valence-corrected chi connectivity index (χ4v) is 3.97. The first-order valence-electron chi connectivity index (χ1n) is 11.9. The number of carbonyl (C=O) groups excluding carboxylic acids is 2. The van der Waals surface area contributed by atoms with Crippen LogP contribution in [0.2, 0.25) is 0 Å². The molecule has 1 unspecified atom stereocenters. The maximum absolute atomic E-state index is 13.1. The number of likely N-dealkylation sites (tertiary alicyclic amines) is 1. The number of hydrogen-bond acceptors (Lipinski definition) is 7. The molecule has 1 saturated heterocycles. The average Bonchev–Trinajstić information content (AvgIpc) is 3.12. The Bertz CT molecular complexity index is 1060.